The molecule has 0 aliphatic rings. The number of para-hydroxylation sites is 2. The van der Waals surface area contributed by atoms with Crippen LogP contribution in [-0.2, 0) is 0 Å². The molecule has 2 heterocycles. The average molecular weight is 329 g/mol. The van der Waals surface area contributed by atoms with Gasteiger partial charge in [0.25, 0.3) is 5.56 Å². The van der Waals surface area contributed by atoms with Crippen molar-refractivity contribution in [2.45, 2.75) is 6.92 Å². The second-order valence-electron chi connectivity index (χ2n) is 5.83. The van der Waals surface area contributed by atoms with Gasteiger partial charge in [-0.25, -0.2) is 4.98 Å². The van der Waals surface area contributed by atoms with E-state index in [9.17, 15) is 9.59 Å². The standard InChI is InChI=1S/C20H15N3O2/c1-12(24)18-14(13-7-3-2-4-8-13)11-17(23-20(18)25)19-21-15-9-5-6-10-16(15)22-19/h2-11H,1H3,(H,21,22)(H,23,25). The molecule has 122 valence electrons. The Morgan fingerprint density at radius 2 is 1.68 bits per heavy atom. The SMILES string of the molecule is CC(=O)c1c(-c2ccccc2)cc(-c2nc3ccccc3[nH]2)[nH]c1=O. The largest absolute Gasteiger partial charge is 0.337 e. The first-order valence-electron chi connectivity index (χ1n) is 7.92. The van der Waals surface area contributed by atoms with Crippen molar-refractivity contribution in [3.8, 4) is 22.6 Å². The summed E-state index contributed by atoms with van der Waals surface area (Å²) < 4.78 is 0. The minimum Gasteiger partial charge on any atom is -0.337 e. The van der Waals surface area contributed by atoms with Gasteiger partial charge in [-0.3, -0.25) is 9.59 Å². The van der Waals surface area contributed by atoms with Crippen LogP contribution in [0.15, 0.2) is 65.5 Å². The van der Waals surface area contributed by atoms with Gasteiger partial charge in [-0.1, -0.05) is 42.5 Å². The van der Waals surface area contributed by atoms with Gasteiger partial charge in [-0.15, -0.1) is 0 Å². The lowest BCUT2D eigenvalue weighted by Gasteiger charge is -2.08. The van der Waals surface area contributed by atoms with Crippen LogP contribution >= 0.6 is 0 Å². The molecule has 0 saturated heterocycles. The molecule has 0 saturated carbocycles. The van der Waals surface area contributed by atoms with E-state index in [-0.39, 0.29) is 11.3 Å². The van der Waals surface area contributed by atoms with Crippen LogP contribution in [0.25, 0.3) is 33.7 Å². The molecular formula is C20H15N3O2. The lowest BCUT2D eigenvalue weighted by atomic mass is 9.98. The fourth-order valence-electron chi connectivity index (χ4n) is 2.96. The van der Waals surface area contributed by atoms with E-state index in [0.29, 0.717) is 17.1 Å². The number of aromatic nitrogens is 3. The summed E-state index contributed by atoms with van der Waals surface area (Å²) in [5, 5.41) is 0. The Balaban J connectivity index is 1.97. The summed E-state index contributed by atoms with van der Waals surface area (Å²) in [5.41, 5.74) is 3.41. The first kappa shape index (κ1) is 15.1. The third-order valence-corrected chi connectivity index (χ3v) is 4.11. The Hall–Kier alpha value is -3.47. The van der Waals surface area contributed by atoms with Crippen molar-refractivity contribution in [3.05, 3.63) is 76.6 Å². The van der Waals surface area contributed by atoms with E-state index in [1.807, 2.05) is 54.6 Å². The molecular weight excluding hydrogens is 314 g/mol. The molecule has 2 aromatic heterocycles. The van der Waals surface area contributed by atoms with Crippen LogP contribution in [0.3, 0.4) is 0 Å². The maximum Gasteiger partial charge on any atom is 0.260 e. The topological polar surface area (TPSA) is 78.6 Å². The number of H-pyrrole nitrogens is 2. The van der Waals surface area contributed by atoms with Gasteiger partial charge in [-0.2, -0.15) is 0 Å². The number of aromatic amines is 2. The number of Topliss-reactive ketones (excluding diaryl/α,β-unsaturated/α-hetero) is 1. The van der Waals surface area contributed by atoms with Gasteiger partial charge >= 0.3 is 0 Å². The van der Waals surface area contributed by atoms with E-state index in [2.05, 4.69) is 15.0 Å². The maximum absolute atomic E-state index is 12.5. The van der Waals surface area contributed by atoms with Crippen molar-refractivity contribution in [3.63, 3.8) is 0 Å². The molecule has 5 nitrogen and oxygen atoms in total. The highest BCUT2D eigenvalue weighted by Gasteiger charge is 2.17. The van der Waals surface area contributed by atoms with Crippen molar-refractivity contribution in [1.29, 1.82) is 0 Å². The number of ketones is 1. The Morgan fingerprint density at radius 1 is 0.960 bits per heavy atom. The number of benzene rings is 2. The fraction of sp³-hybridized carbons (Fsp3) is 0.0500. The Labute approximate surface area is 143 Å². The molecule has 0 bridgehead atoms. The van der Waals surface area contributed by atoms with Crippen molar-refractivity contribution in [2.75, 3.05) is 0 Å². The number of nitrogens with one attached hydrogen (secondary N) is 2. The molecule has 0 amide bonds. The van der Waals surface area contributed by atoms with E-state index < -0.39 is 5.56 Å². The number of imidazole rings is 1. The predicted molar refractivity (Wildman–Crippen MR) is 97.6 cm³/mol. The van der Waals surface area contributed by atoms with Crippen molar-refractivity contribution in [1.82, 2.24) is 15.0 Å². The van der Waals surface area contributed by atoms with Gasteiger partial charge in [0.1, 0.15) is 0 Å². The quantitative estimate of drug-likeness (QED) is 0.561. The van der Waals surface area contributed by atoms with Crippen LogP contribution in [0.4, 0.5) is 0 Å². The van der Waals surface area contributed by atoms with E-state index in [0.717, 1.165) is 16.6 Å². The monoisotopic (exact) mass is 329 g/mol. The third-order valence-electron chi connectivity index (χ3n) is 4.11. The highest BCUT2D eigenvalue weighted by Crippen LogP contribution is 2.26. The third kappa shape index (κ3) is 2.65. The summed E-state index contributed by atoms with van der Waals surface area (Å²) in [4.78, 5) is 35.0. The number of hydrogen-bond acceptors (Lipinski definition) is 3. The van der Waals surface area contributed by atoms with Crippen LogP contribution in [0, 0.1) is 0 Å². The molecule has 2 N–H and O–H groups in total. The first-order valence-corrected chi connectivity index (χ1v) is 7.92. The molecule has 4 aromatic rings. The number of fused-ring (bicyclic) bond motifs is 1. The summed E-state index contributed by atoms with van der Waals surface area (Å²) in [6, 6.07) is 18.8. The number of hydrogen-bond donors (Lipinski definition) is 2. The van der Waals surface area contributed by atoms with E-state index in [1.54, 1.807) is 6.07 Å². The summed E-state index contributed by atoms with van der Waals surface area (Å²) in [6.45, 7) is 1.40. The zero-order valence-electron chi connectivity index (χ0n) is 13.5. The lowest BCUT2D eigenvalue weighted by Crippen LogP contribution is -2.18. The minimum atomic E-state index is -0.413. The average Bonchev–Trinajstić information content (AvgIpc) is 3.05. The van der Waals surface area contributed by atoms with Gasteiger partial charge in [0.05, 0.1) is 22.3 Å². The molecule has 0 aliphatic heterocycles. The van der Waals surface area contributed by atoms with Crippen LogP contribution in [-0.4, -0.2) is 20.7 Å². The number of carbonyl (C=O) groups is 1. The van der Waals surface area contributed by atoms with Crippen molar-refractivity contribution >= 4 is 16.8 Å². The van der Waals surface area contributed by atoms with Crippen molar-refractivity contribution < 1.29 is 4.79 Å². The van der Waals surface area contributed by atoms with Gasteiger partial charge in [-0.05, 0) is 30.7 Å². The molecule has 0 atom stereocenters. The lowest BCUT2D eigenvalue weighted by molar-refractivity contribution is 0.101. The van der Waals surface area contributed by atoms with Gasteiger partial charge < -0.3 is 9.97 Å². The zero-order chi connectivity index (χ0) is 17.4. The molecule has 25 heavy (non-hydrogen) atoms. The molecule has 0 unspecified atom stereocenters. The second kappa shape index (κ2) is 5.87. The Bertz CT molecular complexity index is 1110. The number of pyridine rings is 1. The van der Waals surface area contributed by atoms with Crippen LogP contribution in [0.5, 0.6) is 0 Å². The normalized spacial score (nSPS) is 10.9. The van der Waals surface area contributed by atoms with Gasteiger partial charge in [0.2, 0.25) is 0 Å². The van der Waals surface area contributed by atoms with Gasteiger partial charge in [0.15, 0.2) is 11.6 Å². The Morgan fingerprint density at radius 3 is 2.40 bits per heavy atom. The second-order valence-corrected chi connectivity index (χ2v) is 5.83. The van der Waals surface area contributed by atoms with E-state index in [4.69, 9.17) is 0 Å². The van der Waals surface area contributed by atoms with Crippen LogP contribution in [0.2, 0.25) is 0 Å². The van der Waals surface area contributed by atoms with Crippen LogP contribution < -0.4 is 5.56 Å². The molecule has 0 aliphatic carbocycles. The number of carbonyl (C=O) groups excluding carboxylic acids is 1. The summed E-state index contributed by atoms with van der Waals surface area (Å²) >= 11 is 0. The minimum absolute atomic E-state index is 0.158. The number of nitrogens with zero attached hydrogens (tertiary/aromatic N) is 1. The summed E-state index contributed by atoms with van der Waals surface area (Å²) in [7, 11) is 0. The highest BCUT2D eigenvalue weighted by molar-refractivity contribution is 6.01. The molecule has 0 radical (unpaired) electrons. The molecule has 4 rings (SSSR count). The molecule has 0 fully saturated rings. The number of rotatable bonds is 3. The van der Waals surface area contributed by atoms with Crippen LogP contribution in [0.1, 0.15) is 17.3 Å². The molecule has 0 spiro atoms. The Kier molecular flexibility index (Phi) is 3.54. The molecule has 2 aromatic carbocycles. The molecule has 5 heteroatoms. The smallest absolute Gasteiger partial charge is 0.260 e. The summed E-state index contributed by atoms with van der Waals surface area (Å²) in [5.74, 6) is 0.293. The van der Waals surface area contributed by atoms with Gasteiger partial charge in [0, 0.05) is 5.56 Å². The van der Waals surface area contributed by atoms with Crippen molar-refractivity contribution in [2.24, 2.45) is 0 Å². The van der Waals surface area contributed by atoms with E-state index >= 15 is 0 Å². The first-order chi connectivity index (χ1) is 12.1. The zero-order valence-corrected chi connectivity index (χ0v) is 13.5. The maximum atomic E-state index is 12.5. The van der Waals surface area contributed by atoms with E-state index in [1.165, 1.54) is 6.92 Å². The fourth-order valence-corrected chi connectivity index (χ4v) is 2.96. The predicted octanol–water partition coefficient (Wildman–Crippen LogP) is 3.79. The highest BCUT2D eigenvalue weighted by atomic mass is 16.1. The summed E-state index contributed by atoms with van der Waals surface area (Å²) in [6.07, 6.45) is 0.